The molecule has 3 rings (SSSR count). The van der Waals surface area contributed by atoms with Crippen LogP contribution in [0.15, 0.2) is 54.7 Å². The first-order chi connectivity index (χ1) is 10.3. The summed E-state index contributed by atoms with van der Waals surface area (Å²) < 4.78 is 0. The minimum Gasteiger partial charge on any atom is -0.305 e. The molecule has 1 heterocycles. The molecule has 0 aliphatic rings. The molecule has 3 aromatic rings. The van der Waals surface area contributed by atoms with E-state index in [-0.39, 0.29) is 6.04 Å². The van der Waals surface area contributed by atoms with E-state index in [1.807, 2.05) is 54.7 Å². The van der Waals surface area contributed by atoms with Gasteiger partial charge in [-0.2, -0.15) is 0 Å². The van der Waals surface area contributed by atoms with Crippen LogP contribution in [0.3, 0.4) is 0 Å². The van der Waals surface area contributed by atoms with Gasteiger partial charge in [0.2, 0.25) is 0 Å². The summed E-state index contributed by atoms with van der Waals surface area (Å²) in [5, 5.41) is 4.19. The van der Waals surface area contributed by atoms with Gasteiger partial charge in [0.25, 0.3) is 0 Å². The molecule has 0 amide bonds. The van der Waals surface area contributed by atoms with Gasteiger partial charge in [0, 0.05) is 5.02 Å². The molecule has 0 aliphatic carbocycles. The Hall–Kier alpha value is -1.97. The normalized spacial score (nSPS) is 12.5. The lowest BCUT2D eigenvalue weighted by Crippen LogP contribution is -2.23. The van der Waals surface area contributed by atoms with Crippen LogP contribution >= 0.6 is 11.6 Å². The molecule has 1 aromatic heterocycles. The maximum Gasteiger partial charge on any atom is 0.0890 e. The highest BCUT2D eigenvalue weighted by Crippen LogP contribution is 2.23. The van der Waals surface area contributed by atoms with E-state index < -0.39 is 0 Å². The Morgan fingerprint density at radius 1 is 1.05 bits per heavy atom. The quantitative estimate of drug-likeness (QED) is 0.791. The largest absolute Gasteiger partial charge is 0.305 e. The monoisotopic (exact) mass is 297 g/mol. The Balaban J connectivity index is 2.04. The van der Waals surface area contributed by atoms with Gasteiger partial charge in [0.15, 0.2) is 0 Å². The lowest BCUT2D eigenvalue weighted by Gasteiger charge is -2.18. The van der Waals surface area contributed by atoms with E-state index in [2.05, 4.69) is 17.2 Å². The topological polar surface area (TPSA) is 37.8 Å². The van der Waals surface area contributed by atoms with Crippen molar-refractivity contribution in [2.24, 2.45) is 0 Å². The number of rotatable bonds is 4. The van der Waals surface area contributed by atoms with Crippen LogP contribution in [0.5, 0.6) is 0 Å². The molecule has 0 fully saturated rings. The molecule has 3 nitrogen and oxygen atoms in total. The van der Waals surface area contributed by atoms with Gasteiger partial charge in [-0.1, -0.05) is 42.8 Å². The fraction of sp³-hybridized carbons (Fsp3) is 0.176. The lowest BCUT2D eigenvalue weighted by molar-refractivity contribution is 0.615. The first-order valence-electron chi connectivity index (χ1n) is 6.98. The highest BCUT2D eigenvalue weighted by Gasteiger charge is 2.15. The van der Waals surface area contributed by atoms with Crippen molar-refractivity contribution in [2.75, 3.05) is 6.54 Å². The van der Waals surface area contributed by atoms with Crippen LogP contribution in [0.2, 0.25) is 5.02 Å². The van der Waals surface area contributed by atoms with Gasteiger partial charge in [-0.25, -0.2) is 4.98 Å². The van der Waals surface area contributed by atoms with Gasteiger partial charge < -0.3 is 5.32 Å². The molecular weight excluding hydrogens is 282 g/mol. The molecule has 0 radical (unpaired) electrons. The number of hydrogen-bond acceptors (Lipinski definition) is 3. The van der Waals surface area contributed by atoms with E-state index in [9.17, 15) is 0 Å². The molecular formula is C17H16ClN3. The van der Waals surface area contributed by atoms with Crippen LogP contribution in [0.4, 0.5) is 0 Å². The molecule has 1 atom stereocenters. The zero-order valence-electron chi connectivity index (χ0n) is 11.8. The smallest absolute Gasteiger partial charge is 0.0890 e. The van der Waals surface area contributed by atoms with E-state index >= 15 is 0 Å². The highest BCUT2D eigenvalue weighted by molar-refractivity contribution is 6.30. The fourth-order valence-corrected chi connectivity index (χ4v) is 2.49. The number of nitrogens with zero attached hydrogens (tertiary/aromatic N) is 2. The Kier molecular flexibility index (Phi) is 4.13. The van der Waals surface area contributed by atoms with Crippen molar-refractivity contribution in [2.45, 2.75) is 13.0 Å². The van der Waals surface area contributed by atoms with Crippen molar-refractivity contribution in [1.82, 2.24) is 15.3 Å². The van der Waals surface area contributed by atoms with E-state index in [1.54, 1.807) is 0 Å². The molecule has 4 heteroatoms. The van der Waals surface area contributed by atoms with Gasteiger partial charge in [-0.15, -0.1) is 0 Å². The molecule has 2 aromatic carbocycles. The molecule has 0 aliphatic heterocycles. The Morgan fingerprint density at radius 2 is 1.76 bits per heavy atom. The zero-order valence-corrected chi connectivity index (χ0v) is 12.5. The lowest BCUT2D eigenvalue weighted by atomic mass is 10.0. The number of benzene rings is 2. The second-order valence-corrected chi connectivity index (χ2v) is 5.26. The third-order valence-electron chi connectivity index (χ3n) is 3.37. The average molecular weight is 298 g/mol. The number of fused-ring (bicyclic) bond motifs is 1. The summed E-state index contributed by atoms with van der Waals surface area (Å²) >= 11 is 5.97. The fourth-order valence-electron chi connectivity index (χ4n) is 2.36. The summed E-state index contributed by atoms with van der Waals surface area (Å²) in [6.45, 7) is 2.93. The Labute approximate surface area is 129 Å². The van der Waals surface area contributed by atoms with Crippen LogP contribution in [-0.2, 0) is 0 Å². The van der Waals surface area contributed by atoms with Gasteiger partial charge >= 0.3 is 0 Å². The number of para-hydroxylation sites is 2. The van der Waals surface area contributed by atoms with Crippen LogP contribution in [0, 0.1) is 0 Å². The van der Waals surface area contributed by atoms with Gasteiger partial charge in [0.1, 0.15) is 0 Å². The van der Waals surface area contributed by atoms with E-state index in [0.717, 1.165) is 33.9 Å². The summed E-state index contributed by atoms with van der Waals surface area (Å²) in [5.41, 5.74) is 3.86. The number of halogens is 1. The molecule has 0 spiro atoms. The summed E-state index contributed by atoms with van der Waals surface area (Å²) in [6, 6.07) is 15.8. The van der Waals surface area contributed by atoms with Crippen molar-refractivity contribution < 1.29 is 0 Å². The minimum absolute atomic E-state index is 0.0179. The maximum atomic E-state index is 5.97. The first kappa shape index (κ1) is 14.0. The molecule has 1 N–H and O–H groups in total. The average Bonchev–Trinajstić information content (AvgIpc) is 2.53. The Bertz CT molecular complexity index is 740. The first-order valence-corrected chi connectivity index (χ1v) is 7.36. The van der Waals surface area contributed by atoms with Gasteiger partial charge in [-0.3, -0.25) is 4.98 Å². The predicted octanol–water partition coefficient (Wildman–Crippen LogP) is 3.98. The molecule has 1 unspecified atom stereocenters. The second-order valence-electron chi connectivity index (χ2n) is 4.83. The van der Waals surface area contributed by atoms with Crippen molar-refractivity contribution in [1.29, 1.82) is 0 Å². The summed E-state index contributed by atoms with van der Waals surface area (Å²) in [4.78, 5) is 9.23. The predicted molar refractivity (Wildman–Crippen MR) is 86.5 cm³/mol. The van der Waals surface area contributed by atoms with E-state index in [1.165, 1.54) is 0 Å². The van der Waals surface area contributed by atoms with Crippen LogP contribution in [0.25, 0.3) is 11.0 Å². The van der Waals surface area contributed by atoms with Gasteiger partial charge in [-0.05, 0) is 36.4 Å². The van der Waals surface area contributed by atoms with Crippen molar-refractivity contribution in [3.05, 3.63) is 71.0 Å². The number of aromatic nitrogens is 2. The summed E-state index contributed by atoms with van der Waals surface area (Å²) in [5.74, 6) is 0. The zero-order chi connectivity index (χ0) is 14.7. The summed E-state index contributed by atoms with van der Waals surface area (Å²) in [6.07, 6.45) is 1.84. The third kappa shape index (κ3) is 3.04. The standard InChI is InChI=1S/C17H16ClN3/c1-2-19-17(12-7-9-13(18)10-8-12)16-11-20-14-5-3-4-6-15(14)21-16/h3-11,17,19H,2H2,1H3. The van der Waals surface area contributed by atoms with Crippen molar-refractivity contribution >= 4 is 22.6 Å². The molecule has 0 saturated carbocycles. The van der Waals surface area contributed by atoms with E-state index in [4.69, 9.17) is 16.6 Å². The maximum absolute atomic E-state index is 5.97. The van der Waals surface area contributed by atoms with Crippen molar-refractivity contribution in [3.8, 4) is 0 Å². The van der Waals surface area contributed by atoms with Crippen LogP contribution in [0.1, 0.15) is 24.2 Å². The van der Waals surface area contributed by atoms with E-state index in [0.29, 0.717) is 0 Å². The SMILES string of the molecule is CCNC(c1ccc(Cl)cc1)c1cnc2ccccc2n1. The molecule has 0 saturated heterocycles. The summed E-state index contributed by atoms with van der Waals surface area (Å²) in [7, 11) is 0. The van der Waals surface area contributed by atoms with Gasteiger partial charge in [0.05, 0.1) is 29.0 Å². The van der Waals surface area contributed by atoms with Crippen molar-refractivity contribution in [3.63, 3.8) is 0 Å². The number of hydrogen-bond donors (Lipinski definition) is 1. The van der Waals surface area contributed by atoms with Crippen LogP contribution < -0.4 is 5.32 Å². The molecule has 21 heavy (non-hydrogen) atoms. The minimum atomic E-state index is 0.0179. The second kappa shape index (κ2) is 6.20. The Morgan fingerprint density at radius 3 is 2.48 bits per heavy atom. The number of nitrogens with one attached hydrogen (secondary N) is 1. The third-order valence-corrected chi connectivity index (χ3v) is 3.63. The molecule has 0 bridgehead atoms. The van der Waals surface area contributed by atoms with Crippen LogP contribution in [-0.4, -0.2) is 16.5 Å². The molecule has 106 valence electrons. The highest BCUT2D eigenvalue weighted by atomic mass is 35.5.